The van der Waals surface area contributed by atoms with Crippen LogP contribution in [0.25, 0.3) is 10.9 Å². The van der Waals surface area contributed by atoms with E-state index in [9.17, 15) is 18.0 Å². The predicted molar refractivity (Wildman–Crippen MR) is 137 cm³/mol. The van der Waals surface area contributed by atoms with E-state index in [1.54, 1.807) is 6.20 Å². The highest BCUT2D eigenvalue weighted by Crippen LogP contribution is 2.42. The topological polar surface area (TPSA) is 45.2 Å². The zero-order chi connectivity index (χ0) is 24.7. The summed E-state index contributed by atoms with van der Waals surface area (Å²) < 4.78 is 40.3. The van der Waals surface area contributed by atoms with Crippen LogP contribution in [0.2, 0.25) is 5.02 Å². The fourth-order valence-electron chi connectivity index (χ4n) is 5.64. The molecule has 5 atom stereocenters. The lowest BCUT2D eigenvalue weighted by Gasteiger charge is -2.51. The Morgan fingerprint density at radius 3 is 2.67 bits per heavy atom. The molecule has 3 fully saturated rings. The summed E-state index contributed by atoms with van der Waals surface area (Å²) in [6.45, 7) is 5.73. The van der Waals surface area contributed by atoms with Crippen molar-refractivity contribution in [3.8, 4) is 0 Å². The number of piperidine rings is 3. The maximum atomic E-state index is 13.4. The van der Waals surface area contributed by atoms with Gasteiger partial charge in [0, 0.05) is 24.2 Å². The summed E-state index contributed by atoms with van der Waals surface area (Å²) in [5.41, 5.74) is 0.470. The number of pyridine rings is 1. The summed E-state index contributed by atoms with van der Waals surface area (Å²) in [6, 6.07) is 12.5. The molecule has 3 aromatic rings. The van der Waals surface area contributed by atoms with Gasteiger partial charge in [0.1, 0.15) is 0 Å². The minimum absolute atomic E-state index is 0. The number of carbonyl (C=O) groups is 1. The molecule has 2 aromatic carbocycles. The molecule has 4 heterocycles. The molecule has 1 amide bonds. The average Bonchev–Trinajstić information content (AvgIpc) is 2.86. The molecular weight excluding hydrogens is 510 g/mol. The highest BCUT2D eigenvalue weighted by molar-refractivity contribution is 6.34. The number of carbonyl (C=O) groups excluding carboxylic acids is 1. The molecule has 4 nitrogen and oxygen atoms in total. The molecule has 1 N–H and O–H groups in total. The van der Waals surface area contributed by atoms with Gasteiger partial charge in [-0.1, -0.05) is 41.9 Å². The smallest absolute Gasteiger partial charge is 0.344 e. The van der Waals surface area contributed by atoms with Gasteiger partial charge in [-0.05, 0) is 61.1 Å². The van der Waals surface area contributed by atoms with Crippen molar-refractivity contribution in [3.63, 3.8) is 0 Å². The van der Waals surface area contributed by atoms with E-state index in [1.165, 1.54) is 12.1 Å². The SMILES string of the molecule is C=CC1CN2CCC1C[C@H]2[C@@H](NC(=O)c1cccc(C(F)(F)F)c1Cl)c1ccnc2ccccc12.Cl. The molecule has 0 saturated carbocycles. The molecular formula is C27H26Cl2F3N3O. The number of nitrogens with one attached hydrogen (secondary N) is 1. The van der Waals surface area contributed by atoms with Crippen LogP contribution in [0.1, 0.15) is 40.4 Å². The van der Waals surface area contributed by atoms with Gasteiger partial charge in [-0.2, -0.15) is 13.2 Å². The van der Waals surface area contributed by atoms with E-state index in [-0.39, 0.29) is 24.0 Å². The first-order valence-corrected chi connectivity index (χ1v) is 12.0. The number of fused-ring (bicyclic) bond motifs is 4. The van der Waals surface area contributed by atoms with E-state index in [4.69, 9.17) is 11.6 Å². The van der Waals surface area contributed by atoms with Crippen LogP contribution >= 0.6 is 24.0 Å². The van der Waals surface area contributed by atoms with Gasteiger partial charge in [0.25, 0.3) is 5.91 Å². The highest BCUT2D eigenvalue weighted by Gasteiger charge is 2.43. The third kappa shape index (κ3) is 4.84. The lowest BCUT2D eigenvalue weighted by atomic mass is 9.73. The maximum Gasteiger partial charge on any atom is 0.417 e. The molecule has 0 aliphatic carbocycles. The maximum absolute atomic E-state index is 13.4. The summed E-state index contributed by atoms with van der Waals surface area (Å²) in [4.78, 5) is 20.2. The van der Waals surface area contributed by atoms with Crippen LogP contribution in [0.4, 0.5) is 13.2 Å². The zero-order valence-electron chi connectivity index (χ0n) is 19.3. The molecule has 3 saturated heterocycles. The summed E-state index contributed by atoms with van der Waals surface area (Å²) in [6.07, 6.45) is 0.975. The lowest BCUT2D eigenvalue weighted by Crippen LogP contribution is -2.57. The Morgan fingerprint density at radius 2 is 1.97 bits per heavy atom. The van der Waals surface area contributed by atoms with Gasteiger partial charge in [0.2, 0.25) is 0 Å². The second kappa shape index (κ2) is 10.4. The van der Waals surface area contributed by atoms with Crippen molar-refractivity contribution in [1.29, 1.82) is 0 Å². The van der Waals surface area contributed by atoms with E-state index < -0.39 is 28.7 Å². The highest BCUT2D eigenvalue weighted by atomic mass is 35.5. The van der Waals surface area contributed by atoms with E-state index in [0.29, 0.717) is 11.8 Å². The van der Waals surface area contributed by atoms with Crippen LogP contribution in [-0.4, -0.2) is 34.9 Å². The standard InChI is InChI=1S/C27H25ClF3N3O.ClH/c1-2-16-15-34-13-11-17(16)14-23(34)25(19-10-12-32-22-9-4-3-6-18(19)22)33-26(35)20-7-5-8-21(24(20)28)27(29,30)31;/h2-10,12,16-17,23,25H,1,11,13-15H2,(H,33,35);1H/t16?,17?,23-,25-;/m0./s1. The zero-order valence-corrected chi connectivity index (χ0v) is 20.9. The Kier molecular flexibility index (Phi) is 7.64. The first-order valence-electron chi connectivity index (χ1n) is 11.6. The molecule has 0 spiro atoms. The van der Waals surface area contributed by atoms with Crippen LogP contribution in [0, 0.1) is 11.8 Å². The van der Waals surface area contributed by atoms with Gasteiger partial charge in [0.15, 0.2) is 0 Å². The van der Waals surface area contributed by atoms with Gasteiger partial charge in [-0.3, -0.25) is 14.7 Å². The van der Waals surface area contributed by atoms with E-state index in [2.05, 4.69) is 21.8 Å². The molecule has 1 aromatic heterocycles. The monoisotopic (exact) mass is 535 g/mol. The number of hydrogen-bond acceptors (Lipinski definition) is 3. The Labute approximate surface area is 218 Å². The van der Waals surface area contributed by atoms with Crippen LogP contribution in [0.3, 0.4) is 0 Å². The second-order valence-electron chi connectivity index (χ2n) is 9.28. The third-order valence-electron chi connectivity index (χ3n) is 7.39. The number of para-hydroxylation sites is 1. The summed E-state index contributed by atoms with van der Waals surface area (Å²) >= 11 is 6.09. The number of benzene rings is 2. The van der Waals surface area contributed by atoms with Gasteiger partial charge < -0.3 is 5.32 Å². The molecule has 3 aliphatic rings. The van der Waals surface area contributed by atoms with Crippen LogP contribution in [0.15, 0.2) is 67.4 Å². The minimum Gasteiger partial charge on any atom is -0.344 e. The quantitative estimate of drug-likeness (QED) is 0.370. The van der Waals surface area contributed by atoms with Crippen molar-refractivity contribution in [3.05, 3.63) is 89.1 Å². The average molecular weight is 536 g/mol. The third-order valence-corrected chi connectivity index (χ3v) is 7.80. The number of halogens is 5. The van der Waals surface area contributed by atoms with Gasteiger partial charge >= 0.3 is 6.18 Å². The van der Waals surface area contributed by atoms with Gasteiger partial charge in [0.05, 0.1) is 27.7 Å². The Morgan fingerprint density at radius 1 is 1.19 bits per heavy atom. The van der Waals surface area contributed by atoms with Crippen LogP contribution < -0.4 is 5.32 Å². The summed E-state index contributed by atoms with van der Waals surface area (Å²) in [5.74, 6) is 0.213. The minimum atomic E-state index is -4.65. The van der Waals surface area contributed by atoms with Crippen LogP contribution in [0.5, 0.6) is 0 Å². The Balaban J connectivity index is 0.00000304. The van der Waals surface area contributed by atoms with E-state index >= 15 is 0 Å². The lowest BCUT2D eigenvalue weighted by molar-refractivity contribution is -0.137. The molecule has 2 bridgehead atoms. The predicted octanol–water partition coefficient (Wildman–Crippen LogP) is 6.70. The first-order chi connectivity index (χ1) is 16.8. The number of alkyl halides is 3. The summed E-state index contributed by atoms with van der Waals surface area (Å²) in [7, 11) is 0. The van der Waals surface area contributed by atoms with Gasteiger partial charge in [-0.15, -0.1) is 19.0 Å². The largest absolute Gasteiger partial charge is 0.417 e. The first kappa shape index (κ1) is 26.5. The number of aromatic nitrogens is 1. The van der Waals surface area contributed by atoms with Crippen molar-refractivity contribution in [2.75, 3.05) is 13.1 Å². The van der Waals surface area contributed by atoms with Crippen molar-refractivity contribution in [1.82, 2.24) is 15.2 Å². The Bertz CT molecular complexity index is 1280. The number of rotatable bonds is 5. The second-order valence-corrected chi connectivity index (χ2v) is 9.66. The van der Waals surface area contributed by atoms with Crippen molar-refractivity contribution in [2.24, 2.45) is 11.8 Å². The summed E-state index contributed by atoms with van der Waals surface area (Å²) in [5, 5.41) is 3.37. The fourth-order valence-corrected chi connectivity index (χ4v) is 5.96. The van der Waals surface area contributed by atoms with E-state index in [1.807, 2.05) is 36.4 Å². The Hall–Kier alpha value is -2.61. The van der Waals surface area contributed by atoms with Crippen molar-refractivity contribution >= 4 is 40.8 Å². The number of hydrogen-bond donors (Lipinski definition) is 1. The van der Waals surface area contributed by atoms with E-state index in [0.717, 1.165) is 48.5 Å². The molecule has 9 heteroatoms. The number of amides is 1. The van der Waals surface area contributed by atoms with Crippen LogP contribution in [-0.2, 0) is 6.18 Å². The molecule has 0 radical (unpaired) electrons. The van der Waals surface area contributed by atoms with Crippen molar-refractivity contribution in [2.45, 2.75) is 31.1 Å². The molecule has 6 rings (SSSR count). The molecule has 190 valence electrons. The molecule has 3 unspecified atom stereocenters. The fraction of sp³-hybridized carbons (Fsp3) is 0.333. The van der Waals surface area contributed by atoms with Gasteiger partial charge in [-0.25, -0.2) is 0 Å². The normalized spacial score (nSPS) is 24.1. The molecule has 3 aliphatic heterocycles. The van der Waals surface area contributed by atoms with Crippen molar-refractivity contribution < 1.29 is 18.0 Å². The molecule has 36 heavy (non-hydrogen) atoms. The number of nitrogens with zero attached hydrogens (tertiary/aromatic N) is 2.